The molecule has 1 unspecified atom stereocenters. The number of rotatable bonds is 6. The molecule has 164 valence electrons. The van der Waals surface area contributed by atoms with Crippen molar-refractivity contribution in [2.45, 2.75) is 38.6 Å². The Bertz CT molecular complexity index is 991. The minimum atomic E-state index is -0.190. The van der Waals surface area contributed by atoms with Crippen molar-refractivity contribution < 1.29 is 18.9 Å². The van der Waals surface area contributed by atoms with Crippen molar-refractivity contribution in [3.63, 3.8) is 0 Å². The second kappa shape index (κ2) is 8.21. The van der Waals surface area contributed by atoms with E-state index in [-0.39, 0.29) is 12.3 Å². The molecule has 0 radical (unpaired) electrons. The lowest BCUT2D eigenvalue weighted by molar-refractivity contribution is -0.00559. The SMILES string of the molecule is CCCCC1=C(c2ccc(OC)cc2)c2cc3c(cc2C1(C)N1CCOCC1)OCO3. The van der Waals surface area contributed by atoms with E-state index < -0.39 is 0 Å². The first kappa shape index (κ1) is 20.4. The predicted molar refractivity (Wildman–Crippen MR) is 121 cm³/mol. The first-order valence-electron chi connectivity index (χ1n) is 11.3. The summed E-state index contributed by atoms with van der Waals surface area (Å²) in [6.07, 6.45) is 3.39. The molecule has 5 nitrogen and oxygen atoms in total. The van der Waals surface area contributed by atoms with Crippen LogP contribution in [0.4, 0.5) is 0 Å². The summed E-state index contributed by atoms with van der Waals surface area (Å²) < 4.78 is 22.7. The number of unbranched alkanes of at least 4 members (excludes halogenated alkanes) is 1. The van der Waals surface area contributed by atoms with Gasteiger partial charge in [0.1, 0.15) is 5.75 Å². The molecule has 0 saturated carbocycles. The second-order valence-corrected chi connectivity index (χ2v) is 8.61. The number of morpholine rings is 1. The Hall–Kier alpha value is -2.50. The predicted octanol–water partition coefficient (Wildman–Crippen LogP) is 4.98. The number of benzene rings is 2. The molecule has 2 aromatic rings. The molecule has 2 heterocycles. The summed E-state index contributed by atoms with van der Waals surface area (Å²) in [6, 6.07) is 12.9. The van der Waals surface area contributed by atoms with E-state index in [2.05, 4.69) is 55.1 Å². The molecule has 3 aliphatic rings. The Morgan fingerprint density at radius 2 is 1.74 bits per heavy atom. The molecular formula is C26H31NO4. The van der Waals surface area contributed by atoms with Gasteiger partial charge in [0.15, 0.2) is 11.5 Å². The lowest BCUT2D eigenvalue weighted by atomic mass is 9.83. The summed E-state index contributed by atoms with van der Waals surface area (Å²) in [5.41, 5.74) is 6.43. The zero-order chi connectivity index (χ0) is 21.4. The summed E-state index contributed by atoms with van der Waals surface area (Å²) >= 11 is 0. The van der Waals surface area contributed by atoms with Crippen LogP contribution in [0.1, 0.15) is 49.8 Å². The number of hydrogen-bond acceptors (Lipinski definition) is 5. The van der Waals surface area contributed by atoms with Gasteiger partial charge in [0.05, 0.1) is 25.9 Å². The zero-order valence-corrected chi connectivity index (χ0v) is 18.7. The van der Waals surface area contributed by atoms with Crippen molar-refractivity contribution in [1.82, 2.24) is 4.90 Å². The average molecular weight is 422 g/mol. The van der Waals surface area contributed by atoms with E-state index in [0.717, 1.165) is 62.8 Å². The first-order chi connectivity index (χ1) is 15.2. The van der Waals surface area contributed by atoms with Crippen LogP contribution in [-0.2, 0) is 10.3 Å². The fourth-order valence-electron chi connectivity index (χ4n) is 5.30. The fourth-order valence-corrected chi connectivity index (χ4v) is 5.30. The summed E-state index contributed by atoms with van der Waals surface area (Å²) in [7, 11) is 1.71. The number of methoxy groups -OCH3 is 1. The normalized spacial score (nSPS) is 22.7. The van der Waals surface area contributed by atoms with Gasteiger partial charge >= 0.3 is 0 Å². The molecule has 5 rings (SSSR count). The molecule has 2 aromatic carbocycles. The van der Waals surface area contributed by atoms with Gasteiger partial charge in [0.2, 0.25) is 6.79 Å². The minimum Gasteiger partial charge on any atom is -0.497 e. The lowest BCUT2D eigenvalue weighted by Crippen LogP contribution is -2.50. The van der Waals surface area contributed by atoms with Crippen LogP contribution < -0.4 is 14.2 Å². The van der Waals surface area contributed by atoms with Gasteiger partial charge in [-0.3, -0.25) is 4.90 Å². The Morgan fingerprint density at radius 3 is 2.42 bits per heavy atom. The minimum absolute atomic E-state index is 0.190. The van der Waals surface area contributed by atoms with E-state index in [0.29, 0.717) is 0 Å². The van der Waals surface area contributed by atoms with Crippen LogP contribution in [-0.4, -0.2) is 45.1 Å². The highest BCUT2D eigenvalue weighted by Crippen LogP contribution is 2.55. The molecule has 0 bridgehead atoms. The topological polar surface area (TPSA) is 40.2 Å². The van der Waals surface area contributed by atoms with E-state index in [1.165, 1.54) is 27.8 Å². The van der Waals surface area contributed by atoms with Crippen LogP contribution in [0.3, 0.4) is 0 Å². The van der Waals surface area contributed by atoms with Crippen molar-refractivity contribution in [2.24, 2.45) is 0 Å². The molecule has 0 spiro atoms. The maximum absolute atomic E-state index is 5.79. The maximum atomic E-state index is 5.79. The van der Waals surface area contributed by atoms with E-state index in [4.69, 9.17) is 18.9 Å². The molecule has 2 aliphatic heterocycles. The molecule has 1 aliphatic carbocycles. The highest BCUT2D eigenvalue weighted by molar-refractivity contribution is 5.91. The Balaban J connectivity index is 1.73. The Kier molecular flexibility index (Phi) is 5.40. The van der Waals surface area contributed by atoms with Crippen molar-refractivity contribution in [2.75, 3.05) is 40.2 Å². The quantitative estimate of drug-likeness (QED) is 0.658. The highest BCUT2D eigenvalue weighted by atomic mass is 16.7. The van der Waals surface area contributed by atoms with Gasteiger partial charge < -0.3 is 18.9 Å². The van der Waals surface area contributed by atoms with E-state index in [1.54, 1.807) is 7.11 Å². The van der Waals surface area contributed by atoms with E-state index >= 15 is 0 Å². The van der Waals surface area contributed by atoms with Gasteiger partial charge in [-0.1, -0.05) is 25.5 Å². The molecule has 0 aromatic heterocycles. The van der Waals surface area contributed by atoms with E-state index in [1.807, 2.05) is 0 Å². The first-order valence-corrected chi connectivity index (χ1v) is 11.3. The maximum Gasteiger partial charge on any atom is 0.231 e. The number of fused-ring (bicyclic) bond motifs is 2. The number of nitrogens with zero attached hydrogens (tertiary/aromatic N) is 1. The van der Waals surface area contributed by atoms with Crippen LogP contribution in [0.5, 0.6) is 17.2 Å². The third-order valence-corrected chi connectivity index (χ3v) is 7.00. The monoisotopic (exact) mass is 421 g/mol. The van der Waals surface area contributed by atoms with Crippen molar-refractivity contribution in [3.05, 3.63) is 58.7 Å². The molecule has 0 N–H and O–H groups in total. The third kappa shape index (κ3) is 3.31. The third-order valence-electron chi connectivity index (χ3n) is 7.00. The Labute approximate surface area is 184 Å². The standard InChI is InChI=1S/C26H31NO4/c1-4-5-6-21-25(18-7-9-19(28-3)10-8-18)20-15-23-24(31-17-30-23)16-22(20)26(21,2)27-11-13-29-14-12-27/h7-10,15-16H,4-6,11-14,17H2,1-3H3. The van der Waals surface area contributed by atoms with Crippen molar-refractivity contribution in [1.29, 1.82) is 0 Å². The summed E-state index contributed by atoms with van der Waals surface area (Å²) in [5.74, 6) is 2.56. The Morgan fingerprint density at radius 1 is 1.03 bits per heavy atom. The van der Waals surface area contributed by atoms with Gasteiger partial charge in [0.25, 0.3) is 0 Å². The van der Waals surface area contributed by atoms with Gasteiger partial charge in [-0.15, -0.1) is 0 Å². The highest BCUT2D eigenvalue weighted by Gasteiger charge is 2.46. The van der Waals surface area contributed by atoms with Crippen LogP contribution in [0.15, 0.2) is 42.0 Å². The lowest BCUT2D eigenvalue weighted by Gasteiger charge is -2.44. The summed E-state index contributed by atoms with van der Waals surface area (Å²) in [6.45, 7) is 8.34. The van der Waals surface area contributed by atoms with Crippen LogP contribution in [0, 0.1) is 0 Å². The van der Waals surface area contributed by atoms with Crippen LogP contribution in [0.25, 0.3) is 5.57 Å². The van der Waals surface area contributed by atoms with Crippen molar-refractivity contribution >= 4 is 5.57 Å². The van der Waals surface area contributed by atoms with Gasteiger partial charge in [-0.05, 0) is 71.9 Å². The molecule has 1 fully saturated rings. The largest absolute Gasteiger partial charge is 0.497 e. The van der Waals surface area contributed by atoms with Crippen molar-refractivity contribution in [3.8, 4) is 17.2 Å². The molecule has 31 heavy (non-hydrogen) atoms. The zero-order valence-electron chi connectivity index (χ0n) is 18.7. The second-order valence-electron chi connectivity index (χ2n) is 8.61. The molecule has 1 atom stereocenters. The molecular weight excluding hydrogens is 390 g/mol. The van der Waals surface area contributed by atoms with Crippen LogP contribution >= 0.6 is 0 Å². The molecule has 5 heteroatoms. The average Bonchev–Trinajstić information content (AvgIpc) is 3.37. The van der Waals surface area contributed by atoms with Crippen LogP contribution in [0.2, 0.25) is 0 Å². The number of hydrogen-bond donors (Lipinski definition) is 0. The smallest absolute Gasteiger partial charge is 0.231 e. The number of ether oxygens (including phenoxy) is 4. The summed E-state index contributed by atoms with van der Waals surface area (Å²) in [5, 5.41) is 0. The van der Waals surface area contributed by atoms with E-state index in [9.17, 15) is 0 Å². The summed E-state index contributed by atoms with van der Waals surface area (Å²) in [4.78, 5) is 2.60. The fraction of sp³-hybridized carbons (Fsp3) is 0.462. The molecule has 0 amide bonds. The van der Waals surface area contributed by atoms with Gasteiger partial charge in [-0.25, -0.2) is 0 Å². The molecule has 1 saturated heterocycles. The van der Waals surface area contributed by atoms with Gasteiger partial charge in [0, 0.05) is 13.1 Å². The van der Waals surface area contributed by atoms with Gasteiger partial charge in [-0.2, -0.15) is 0 Å².